The maximum Gasteiger partial charge on any atom is 0.280 e. The van der Waals surface area contributed by atoms with E-state index in [0.717, 1.165) is 16.5 Å². The maximum atomic E-state index is 12.8. The lowest BCUT2D eigenvalue weighted by Crippen LogP contribution is -2.14. The van der Waals surface area contributed by atoms with E-state index in [1.54, 1.807) is 25.6 Å². The Labute approximate surface area is 155 Å². The average Bonchev–Trinajstić information content (AvgIpc) is 3.11. The van der Waals surface area contributed by atoms with E-state index in [2.05, 4.69) is 15.3 Å². The van der Waals surface area contributed by atoms with Gasteiger partial charge in [-0.3, -0.25) is 9.36 Å². The summed E-state index contributed by atoms with van der Waals surface area (Å²) < 4.78 is 6.70. The quantitative estimate of drug-likeness (QED) is 0.579. The Morgan fingerprint density at radius 3 is 2.48 bits per heavy atom. The number of hydrogen-bond donors (Lipinski definition) is 2. The van der Waals surface area contributed by atoms with Crippen LogP contribution in [0.15, 0.2) is 67.0 Å². The molecule has 0 aliphatic rings. The average molecular weight is 359 g/mol. The summed E-state index contributed by atoms with van der Waals surface area (Å²) in [6, 6.07) is 16.5. The summed E-state index contributed by atoms with van der Waals surface area (Å²) in [6.45, 7) is 0. The second-order valence-corrected chi connectivity index (χ2v) is 5.96. The van der Waals surface area contributed by atoms with Crippen molar-refractivity contribution in [1.29, 1.82) is 0 Å². The van der Waals surface area contributed by atoms with E-state index in [1.807, 2.05) is 42.5 Å². The van der Waals surface area contributed by atoms with Crippen LogP contribution in [0.2, 0.25) is 0 Å². The van der Waals surface area contributed by atoms with Crippen LogP contribution in [0.3, 0.4) is 0 Å². The normalized spacial score (nSPS) is 10.7. The third kappa shape index (κ3) is 3.43. The van der Waals surface area contributed by atoms with Gasteiger partial charge in [0.05, 0.1) is 7.11 Å². The Kier molecular flexibility index (Phi) is 4.18. The first-order chi connectivity index (χ1) is 13.1. The summed E-state index contributed by atoms with van der Waals surface area (Å²) in [4.78, 5) is 21.3. The summed E-state index contributed by atoms with van der Waals surface area (Å²) in [5.74, 6) is 0.854. The van der Waals surface area contributed by atoms with Crippen LogP contribution in [0.1, 0.15) is 10.5 Å². The molecule has 7 heteroatoms. The Hall–Kier alpha value is -3.87. The molecule has 0 atom stereocenters. The summed E-state index contributed by atoms with van der Waals surface area (Å²) >= 11 is 0. The van der Waals surface area contributed by atoms with Crippen LogP contribution in [-0.2, 0) is 0 Å². The fraction of sp³-hybridized carbons (Fsp3) is 0.0500. The minimum Gasteiger partial charge on any atom is -0.497 e. The molecule has 0 saturated heterocycles. The largest absolute Gasteiger partial charge is 0.497 e. The van der Waals surface area contributed by atoms with Crippen LogP contribution >= 0.6 is 0 Å². The van der Waals surface area contributed by atoms with Crippen LogP contribution in [0.4, 0.5) is 17.5 Å². The van der Waals surface area contributed by atoms with Crippen molar-refractivity contribution < 1.29 is 9.53 Å². The van der Waals surface area contributed by atoms with Crippen molar-refractivity contribution in [3.8, 4) is 5.75 Å². The number of rotatable bonds is 4. The van der Waals surface area contributed by atoms with Gasteiger partial charge < -0.3 is 15.8 Å². The van der Waals surface area contributed by atoms with Gasteiger partial charge in [-0.2, -0.15) is 4.98 Å². The van der Waals surface area contributed by atoms with Crippen LogP contribution in [0.5, 0.6) is 5.75 Å². The highest BCUT2D eigenvalue weighted by atomic mass is 16.5. The molecule has 134 valence electrons. The SMILES string of the molecule is COc1cccc(Nc2nc(N)cc(C(=O)n3cc4ccccc4c3)n2)c1. The Balaban J connectivity index is 1.66. The minimum atomic E-state index is -0.283. The molecule has 0 aliphatic carbocycles. The van der Waals surface area contributed by atoms with Gasteiger partial charge in [0.15, 0.2) is 0 Å². The lowest BCUT2D eigenvalue weighted by Gasteiger charge is -2.09. The molecule has 2 heterocycles. The third-order valence-electron chi connectivity index (χ3n) is 4.08. The van der Waals surface area contributed by atoms with Crippen molar-refractivity contribution in [3.63, 3.8) is 0 Å². The first kappa shape index (κ1) is 16.6. The van der Waals surface area contributed by atoms with Gasteiger partial charge in [0.2, 0.25) is 5.95 Å². The lowest BCUT2D eigenvalue weighted by atomic mass is 10.2. The molecule has 0 fully saturated rings. The second-order valence-electron chi connectivity index (χ2n) is 5.96. The molecule has 0 amide bonds. The van der Waals surface area contributed by atoms with Crippen molar-refractivity contribution in [2.45, 2.75) is 0 Å². The highest BCUT2D eigenvalue weighted by Crippen LogP contribution is 2.21. The number of fused-ring (bicyclic) bond motifs is 1. The second kappa shape index (κ2) is 6.80. The zero-order chi connectivity index (χ0) is 18.8. The van der Waals surface area contributed by atoms with E-state index in [0.29, 0.717) is 5.75 Å². The van der Waals surface area contributed by atoms with E-state index in [9.17, 15) is 4.79 Å². The van der Waals surface area contributed by atoms with Crippen LogP contribution < -0.4 is 15.8 Å². The number of nitrogens with one attached hydrogen (secondary N) is 1. The number of nitrogens with two attached hydrogens (primary N) is 1. The fourth-order valence-corrected chi connectivity index (χ4v) is 2.79. The number of nitrogen functional groups attached to an aromatic ring is 1. The summed E-state index contributed by atoms with van der Waals surface area (Å²) in [7, 11) is 1.59. The van der Waals surface area contributed by atoms with Crippen LogP contribution in [0.25, 0.3) is 10.8 Å². The third-order valence-corrected chi connectivity index (χ3v) is 4.08. The van der Waals surface area contributed by atoms with E-state index < -0.39 is 0 Å². The zero-order valence-corrected chi connectivity index (χ0v) is 14.6. The molecular formula is C20H17N5O2. The van der Waals surface area contributed by atoms with Crippen molar-refractivity contribution >= 4 is 34.1 Å². The van der Waals surface area contributed by atoms with Gasteiger partial charge in [-0.1, -0.05) is 30.3 Å². The molecule has 4 rings (SSSR count). The fourth-order valence-electron chi connectivity index (χ4n) is 2.79. The molecule has 0 radical (unpaired) electrons. The van der Waals surface area contributed by atoms with E-state index in [-0.39, 0.29) is 23.4 Å². The molecule has 7 nitrogen and oxygen atoms in total. The number of carbonyl (C=O) groups is 1. The standard InChI is InChI=1S/C20H17N5O2/c1-27-16-8-4-7-15(9-16)22-20-23-17(10-18(21)24-20)19(26)25-11-13-5-2-3-6-14(13)12-25/h2-12H,1H3,(H3,21,22,23,24). The predicted molar refractivity (Wildman–Crippen MR) is 104 cm³/mol. The Bertz CT molecular complexity index is 1100. The highest BCUT2D eigenvalue weighted by molar-refractivity contribution is 5.98. The van der Waals surface area contributed by atoms with Gasteiger partial charge in [0.25, 0.3) is 5.91 Å². The number of anilines is 3. The van der Waals surface area contributed by atoms with Gasteiger partial charge in [0.1, 0.15) is 17.3 Å². The van der Waals surface area contributed by atoms with Crippen LogP contribution in [0, 0.1) is 0 Å². The molecule has 3 N–H and O–H groups in total. The summed E-state index contributed by atoms with van der Waals surface area (Å²) in [5.41, 5.74) is 6.81. The molecule has 0 bridgehead atoms. The molecule has 2 aromatic carbocycles. The van der Waals surface area contributed by atoms with E-state index in [4.69, 9.17) is 10.5 Å². The van der Waals surface area contributed by atoms with Gasteiger partial charge in [0, 0.05) is 30.2 Å². The van der Waals surface area contributed by atoms with Crippen molar-refractivity contribution in [2.75, 3.05) is 18.2 Å². The number of methoxy groups -OCH3 is 1. The number of benzene rings is 2. The number of aromatic nitrogens is 3. The van der Waals surface area contributed by atoms with Gasteiger partial charge >= 0.3 is 0 Å². The Morgan fingerprint density at radius 1 is 1.04 bits per heavy atom. The number of ether oxygens (including phenoxy) is 1. The van der Waals surface area contributed by atoms with Gasteiger partial charge in [-0.15, -0.1) is 0 Å². The number of carbonyl (C=O) groups excluding carboxylic acids is 1. The summed E-state index contributed by atoms with van der Waals surface area (Å²) in [5, 5.41) is 5.00. The first-order valence-electron chi connectivity index (χ1n) is 8.29. The molecule has 4 aromatic rings. The van der Waals surface area contributed by atoms with Crippen molar-refractivity contribution in [2.24, 2.45) is 0 Å². The van der Waals surface area contributed by atoms with Crippen LogP contribution in [-0.4, -0.2) is 27.6 Å². The zero-order valence-electron chi connectivity index (χ0n) is 14.6. The molecule has 27 heavy (non-hydrogen) atoms. The maximum absolute atomic E-state index is 12.8. The molecule has 0 spiro atoms. The topological polar surface area (TPSA) is 95.1 Å². The van der Waals surface area contributed by atoms with Crippen molar-refractivity contribution in [3.05, 3.63) is 72.7 Å². The lowest BCUT2D eigenvalue weighted by molar-refractivity contribution is 0.0955. The number of hydrogen-bond acceptors (Lipinski definition) is 6. The van der Waals surface area contributed by atoms with E-state index >= 15 is 0 Å². The first-order valence-corrected chi connectivity index (χ1v) is 8.29. The smallest absolute Gasteiger partial charge is 0.280 e. The minimum absolute atomic E-state index is 0.202. The van der Waals surface area contributed by atoms with Gasteiger partial charge in [-0.05, 0) is 22.9 Å². The number of nitrogens with zero attached hydrogens (tertiary/aromatic N) is 3. The molecule has 2 aromatic heterocycles. The summed E-state index contributed by atoms with van der Waals surface area (Å²) in [6.07, 6.45) is 3.54. The predicted octanol–water partition coefficient (Wildman–Crippen LogP) is 3.45. The molecule has 0 saturated carbocycles. The molecular weight excluding hydrogens is 342 g/mol. The monoisotopic (exact) mass is 359 g/mol. The van der Waals surface area contributed by atoms with Crippen molar-refractivity contribution in [1.82, 2.24) is 14.5 Å². The Morgan fingerprint density at radius 2 is 1.78 bits per heavy atom. The van der Waals surface area contributed by atoms with Gasteiger partial charge in [-0.25, -0.2) is 4.98 Å². The highest BCUT2D eigenvalue weighted by Gasteiger charge is 2.14. The van der Waals surface area contributed by atoms with E-state index in [1.165, 1.54) is 10.6 Å². The molecule has 0 unspecified atom stereocenters. The molecule has 0 aliphatic heterocycles.